The molecular weight excluding hydrogens is 356 g/mol. The van der Waals surface area contributed by atoms with Gasteiger partial charge in [-0.1, -0.05) is 11.6 Å². The van der Waals surface area contributed by atoms with Crippen molar-refractivity contribution >= 4 is 5.91 Å². The maximum Gasteiger partial charge on any atom is 0.236 e. The molecule has 0 bridgehead atoms. The van der Waals surface area contributed by atoms with Gasteiger partial charge in [0.25, 0.3) is 0 Å². The summed E-state index contributed by atoms with van der Waals surface area (Å²) in [6.07, 6.45) is 4.90. The summed E-state index contributed by atoms with van der Waals surface area (Å²) >= 11 is 0. The third-order valence-electron chi connectivity index (χ3n) is 5.42. The van der Waals surface area contributed by atoms with Crippen molar-refractivity contribution in [3.8, 4) is 17.1 Å². The van der Waals surface area contributed by atoms with Crippen LogP contribution in [0.1, 0.15) is 45.4 Å². The van der Waals surface area contributed by atoms with Crippen molar-refractivity contribution in [2.45, 2.75) is 58.0 Å². The largest absolute Gasteiger partial charge is 0.497 e. The molecular formula is C21H30N4O3. The van der Waals surface area contributed by atoms with E-state index in [4.69, 9.17) is 9.26 Å². The zero-order valence-corrected chi connectivity index (χ0v) is 17.0. The fourth-order valence-electron chi connectivity index (χ4n) is 3.79. The molecule has 2 heterocycles. The molecule has 152 valence electrons. The van der Waals surface area contributed by atoms with Gasteiger partial charge >= 0.3 is 0 Å². The number of carbonyl (C=O) groups is 1. The number of nitrogens with zero attached hydrogens (tertiary/aromatic N) is 3. The summed E-state index contributed by atoms with van der Waals surface area (Å²) in [6.45, 7) is 6.27. The number of carbonyl (C=O) groups excluding carboxylic acids is 1. The normalized spacial score (nSPS) is 20.1. The molecule has 2 aromatic rings. The molecule has 7 heteroatoms. The second-order valence-electron chi connectivity index (χ2n) is 7.49. The molecule has 1 aromatic heterocycles. The van der Waals surface area contributed by atoms with E-state index in [1.807, 2.05) is 24.3 Å². The number of ether oxygens (including phenoxy) is 1. The number of benzene rings is 1. The van der Waals surface area contributed by atoms with Crippen LogP contribution in [0.4, 0.5) is 0 Å². The number of hydrogen-bond acceptors (Lipinski definition) is 6. The molecule has 1 aliphatic heterocycles. The molecule has 1 aliphatic rings. The first-order chi connectivity index (χ1) is 13.6. The summed E-state index contributed by atoms with van der Waals surface area (Å²) in [5.41, 5.74) is 0.820. The van der Waals surface area contributed by atoms with Crippen LogP contribution in [-0.4, -0.2) is 53.2 Å². The average molecular weight is 386 g/mol. The SMILES string of the molecule is COc1ccc(-c2noc(CC(=O)NCCCN3C(C)CCCC3C)n2)cc1. The minimum absolute atomic E-state index is 0.0929. The molecule has 0 radical (unpaired) electrons. The van der Waals surface area contributed by atoms with E-state index in [1.54, 1.807) is 7.11 Å². The van der Waals surface area contributed by atoms with E-state index in [0.29, 0.717) is 30.3 Å². The van der Waals surface area contributed by atoms with Gasteiger partial charge in [-0.25, -0.2) is 0 Å². The van der Waals surface area contributed by atoms with Gasteiger partial charge in [0, 0.05) is 30.7 Å². The van der Waals surface area contributed by atoms with Crippen molar-refractivity contribution in [1.29, 1.82) is 0 Å². The Balaban J connectivity index is 1.42. The van der Waals surface area contributed by atoms with Gasteiger partial charge in [-0.05, 0) is 57.4 Å². The Morgan fingerprint density at radius 2 is 1.96 bits per heavy atom. The first kappa shape index (κ1) is 20.3. The highest BCUT2D eigenvalue weighted by Gasteiger charge is 2.23. The Morgan fingerprint density at radius 1 is 1.25 bits per heavy atom. The Bertz CT molecular complexity index is 749. The quantitative estimate of drug-likeness (QED) is 0.703. The zero-order chi connectivity index (χ0) is 19.9. The second-order valence-corrected chi connectivity index (χ2v) is 7.49. The highest BCUT2D eigenvalue weighted by atomic mass is 16.5. The van der Waals surface area contributed by atoms with Crippen LogP contribution < -0.4 is 10.1 Å². The number of rotatable bonds is 8. The van der Waals surface area contributed by atoms with Crippen molar-refractivity contribution in [2.75, 3.05) is 20.2 Å². The van der Waals surface area contributed by atoms with Crippen LogP contribution in [0.2, 0.25) is 0 Å². The van der Waals surface area contributed by atoms with Crippen LogP contribution in [-0.2, 0) is 11.2 Å². The number of methoxy groups -OCH3 is 1. The number of aromatic nitrogens is 2. The molecule has 1 fully saturated rings. The highest BCUT2D eigenvalue weighted by molar-refractivity contribution is 5.77. The molecule has 3 rings (SSSR count). The summed E-state index contributed by atoms with van der Waals surface area (Å²) < 4.78 is 10.4. The molecule has 7 nitrogen and oxygen atoms in total. The number of nitrogens with one attached hydrogen (secondary N) is 1. The van der Waals surface area contributed by atoms with Crippen LogP contribution in [0.25, 0.3) is 11.4 Å². The van der Waals surface area contributed by atoms with Crippen molar-refractivity contribution in [3.63, 3.8) is 0 Å². The first-order valence-electron chi connectivity index (χ1n) is 10.1. The van der Waals surface area contributed by atoms with E-state index in [-0.39, 0.29) is 12.3 Å². The third-order valence-corrected chi connectivity index (χ3v) is 5.42. The third kappa shape index (κ3) is 5.32. The van der Waals surface area contributed by atoms with Gasteiger partial charge in [0.15, 0.2) is 0 Å². The topological polar surface area (TPSA) is 80.5 Å². The van der Waals surface area contributed by atoms with E-state index < -0.39 is 0 Å². The number of hydrogen-bond donors (Lipinski definition) is 1. The predicted octanol–water partition coefficient (Wildman–Crippen LogP) is 3.06. The number of piperidine rings is 1. The Morgan fingerprint density at radius 3 is 2.64 bits per heavy atom. The summed E-state index contributed by atoms with van der Waals surface area (Å²) in [5, 5.41) is 6.91. The van der Waals surface area contributed by atoms with Gasteiger partial charge in [-0.15, -0.1) is 0 Å². The van der Waals surface area contributed by atoms with Gasteiger partial charge in [-0.3, -0.25) is 9.69 Å². The van der Waals surface area contributed by atoms with Crippen molar-refractivity contribution in [3.05, 3.63) is 30.2 Å². The molecule has 0 saturated carbocycles. The zero-order valence-electron chi connectivity index (χ0n) is 17.0. The molecule has 2 unspecified atom stereocenters. The van der Waals surface area contributed by atoms with Gasteiger partial charge < -0.3 is 14.6 Å². The molecule has 1 saturated heterocycles. The van der Waals surface area contributed by atoms with Crippen LogP contribution in [0.5, 0.6) is 5.75 Å². The maximum atomic E-state index is 12.2. The van der Waals surface area contributed by atoms with Gasteiger partial charge in [0.1, 0.15) is 12.2 Å². The van der Waals surface area contributed by atoms with E-state index >= 15 is 0 Å². The Hall–Kier alpha value is -2.41. The van der Waals surface area contributed by atoms with E-state index in [2.05, 4.69) is 34.2 Å². The lowest BCUT2D eigenvalue weighted by atomic mass is 9.97. The summed E-state index contributed by atoms with van der Waals surface area (Å²) in [5.74, 6) is 1.46. The molecule has 0 spiro atoms. The molecule has 1 N–H and O–H groups in total. The van der Waals surface area contributed by atoms with Crippen LogP contribution in [0.15, 0.2) is 28.8 Å². The lowest BCUT2D eigenvalue weighted by Crippen LogP contribution is -2.44. The minimum atomic E-state index is -0.0929. The number of likely N-dealkylation sites (tertiary alicyclic amines) is 1. The Labute approximate surface area is 166 Å². The first-order valence-corrected chi connectivity index (χ1v) is 10.1. The van der Waals surface area contributed by atoms with E-state index in [9.17, 15) is 4.79 Å². The second kappa shape index (κ2) is 9.68. The van der Waals surface area contributed by atoms with Gasteiger partial charge in [0.2, 0.25) is 17.6 Å². The molecule has 2 atom stereocenters. The van der Waals surface area contributed by atoms with Gasteiger partial charge in [-0.2, -0.15) is 4.98 Å². The fourth-order valence-corrected chi connectivity index (χ4v) is 3.79. The molecule has 28 heavy (non-hydrogen) atoms. The van der Waals surface area contributed by atoms with Crippen molar-refractivity contribution in [1.82, 2.24) is 20.4 Å². The van der Waals surface area contributed by atoms with Crippen molar-refractivity contribution in [2.24, 2.45) is 0 Å². The smallest absolute Gasteiger partial charge is 0.236 e. The standard InChI is InChI=1S/C21H30N4O3/c1-15-6-4-7-16(2)25(15)13-5-12-22-19(26)14-20-23-21(24-28-20)17-8-10-18(27-3)11-9-17/h8-11,15-16H,4-7,12-14H2,1-3H3,(H,22,26). The Kier molecular flexibility index (Phi) is 7.03. The van der Waals surface area contributed by atoms with Crippen LogP contribution in [0, 0.1) is 0 Å². The van der Waals surface area contributed by atoms with E-state index in [0.717, 1.165) is 24.3 Å². The number of amides is 1. The average Bonchev–Trinajstić information content (AvgIpc) is 3.15. The lowest BCUT2D eigenvalue weighted by molar-refractivity contribution is -0.120. The highest BCUT2D eigenvalue weighted by Crippen LogP contribution is 2.22. The lowest BCUT2D eigenvalue weighted by Gasteiger charge is -2.39. The van der Waals surface area contributed by atoms with Gasteiger partial charge in [0.05, 0.1) is 7.11 Å². The predicted molar refractivity (Wildman–Crippen MR) is 107 cm³/mol. The summed E-state index contributed by atoms with van der Waals surface area (Å²) in [7, 11) is 1.62. The summed E-state index contributed by atoms with van der Waals surface area (Å²) in [6, 6.07) is 8.65. The maximum absolute atomic E-state index is 12.2. The molecule has 1 aromatic carbocycles. The van der Waals surface area contributed by atoms with Crippen LogP contribution >= 0.6 is 0 Å². The minimum Gasteiger partial charge on any atom is -0.497 e. The summed E-state index contributed by atoms with van der Waals surface area (Å²) in [4.78, 5) is 19.0. The van der Waals surface area contributed by atoms with E-state index in [1.165, 1.54) is 19.3 Å². The molecule has 1 amide bonds. The monoisotopic (exact) mass is 386 g/mol. The van der Waals surface area contributed by atoms with Crippen molar-refractivity contribution < 1.29 is 14.1 Å². The fraction of sp³-hybridized carbons (Fsp3) is 0.571. The molecule has 0 aliphatic carbocycles. The van der Waals surface area contributed by atoms with Crippen LogP contribution in [0.3, 0.4) is 0 Å².